The van der Waals surface area contributed by atoms with Gasteiger partial charge in [0.15, 0.2) is 11.5 Å². The topological polar surface area (TPSA) is 47.6 Å². The molecule has 4 heteroatoms. The van der Waals surface area contributed by atoms with E-state index >= 15 is 0 Å². The van der Waals surface area contributed by atoms with E-state index in [1.165, 1.54) is 0 Å². The predicted molar refractivity (Wildman–Crippen MR) is 86.2 cm³/mol. The fourth-order valence-electron chi connectivity index (χ4n) is 2.28. The molecule has 0 saturated heterocycles. The van der Waals surface area contributed by atoms with Crippen LogP contribution in [-0.2, 0) is 11.2 Å². The maximum atomic E-state index is 12.1. The molecule has 1 atom stereocenters. The second-order valence-electron chi connectivity index (χ2n) is 5.07. The molecule has 0 bridgehead atoms. The van der Waals surface area contributed by atoms with Crippen molar-refractivity contribution in [1.29, 1.82) is 0 Å². The Morgan fingerprint density at radius 2 is 1.73 bits per heavy atom. The quantitative estimate of drug-likeness (QED) is 0.891. The molecule has 0 aliphatic heterocycles. The van der Waals surface area contributed by atoms with Crippen LogP contribution in [0.5, 0.6) is 11.5 Å². The SMILES string of the molecule is COc1ccc(C(C)NC(=O)Cc2ccccc2)cc1OC. The Labute approximate surface area is 131 Å². The van der Waals surface area contributed by atoms with Gasteiger partial charge in [-0.25, -0.2) is 0 Å². The van der Waals surface area contributed by atoms with Crippen LogP contribution in [0.2, 0.25) is 0 Å². The second-order valence-corrected chi connectivity index (χ2v) is 5.07. The minimum absolute atomic E-state index is 0.00603. The smallest absolute Gasteiger partial charge is 0.224 e. The Kier molecular flexibility index (Phi) is 5.42. The van der Waals surface area contributed by atoms with E-state index in [1.807, 2.05) is 55.5 Å². The molecular weight excluding hydrogens is 278 g/mol. The fourth-order valence-corrected chi connectivity index (χ4v) is 2.28. The summed E-state index contributed by atoms with van der Waals surface area (Å²) in [5.74, 6) is 1.33. The first-order chi connectivity index (χ1) is 10.6. The van der Waals surface area contributed by atoms with Crippen LogP contribution in [0.25, 0.3) is 0 Å². The van der Waals surface area contributed by atoms with Gasteiger partial charge in [-0.05, 0) is 30.2 Å². The molecule has 0 heterocycles. The van der Waals surface area contributed by atoms with Gasteiger partial charge in [0.25, 0.3) is 0 Å². The lowest BCUT2D eigenvalue weighted by Gasteiger charge is -2.16. The molecule has 0 aliphatic rings. The Balaban J connectivity index is 2.02. The molecule has 0 fully saturated rings. The molecule has 0 aromatic heterocycles. The summed E-state index contributed by atoms with van der Waals surface area (Å²) < 4.78 is 10.5. The second kappa shape index (κ2) is 7.50. The first-order valence-electron chi connectivity index (χ1n) is 7.19. The summed E-state index contributed by atoms with van der Waals surface area (Å²) in [5, 5.41) is 3.00. The third-order valence-corrected chi connectivity index (χ3v) is 3.49. The van der Waals surface area contributed by atoms with E-state index in [4.69, 9.17) is 9.47 Å². The van der Waals surface area contributed by atoms with E-state index in [0.717, 1.165) is 11.1 Å². The molecule has 1 amide bonds. The molecule has 0 aliphatic carbocycles. The normalized spacial score (nSPS) is 11.6. The van der Waals surface area contributed by atoms with Crippen molar-refractivity contribution in [3.05, 3.63) is 59.7 Å². The summed E-state index contributed by atoms with van der Waals surface area (Å²) in [6.07, 6.45) is 0.373. The number of methoxy groups -OCH3 is 2. The van der Waals surface area contributed by atoms with Crippen molar-refractivity contribution in [2.45, 2.75) is 19.4 Å². The summed E-state index contributed by atoms with van der Waals surface area (Å²) in [6, 6.07) is 15.2. The maximum Gasteiger partial charge on any atom is 0.224 e. The molecule has 2 aromatic carbocycles. The van der Waals surface area contributed by atoms with Crippen molar-refractivity contribution in [3.63, 3.8) is 0 Å². The van der Waals surface area contributed by atoms with Gasteiger partial charge in [-0.3, -0.25) is 4.79 Å². The van der Waals surface area contributed by atoms with Crippen LogP contribution in [0.3, 0.4) is 0 Å². The monoisotopic (exact) mass is 299 g/mol. The van der Waals surface area contributed by atoms with Crippen LogP contribution < -0.4 is 14.8 Å². The first kappa shape index (κ1) is 15.9. The molecule has 2 aromatic rings. The van der Waals surface area contributed by atoms with Gasteiger partial charge in [0, 0.05) is 0 Å². The summed E-state index contributed by atoms with van der Waals surface area (Å²) in [7, 11) is 3.20. The lowest BCUT2D eigenvalue weighted by atomic mass is 10.1. The molecule has 4 nitrogen and oxygen atoms in total. The number of hydrogen-bond acceptors (Lipinski definition) is 3. The number of nitrogens with one attached hydrogen (secondary N) is 1. The number of hydrogen-bond donors (Lipinski definition) is 1. The number of rotatable bonds is 6. The molecule has 22 heavy (non-hydrogen) atoms. The maximum absolute atomic E-state index is 12.1. The van der Waals surface area contributed by atoms with Gasteiger partial charge in [-0.15, -0.1) is 0 Å². The Bertz CT molecular complexity index is 625. The van der Waals surface area contributed by atoms with Gasteiger partial charge >= 0.3 is 0 Å². The Morgan fingerprint density at radius 3 is 2.36 bits per heavy atom. The lowest BCUT2D eigenvalue weighted by molar-refractivity contribution is -0.121. The molecule has 1 N–H and O–H groups in total. The highest BCUT2D eigenvalue weighted by Crippen LogP contribution is 2.29. The average Bonchev–Trinajstić information content (AvgIpc) is 2.54. The van der Waals surface area contributed by atoms with Crippen molar-refractivity contribution in [1.82, 2.24) is 5.32 Å². The number of amides is 1. The largest absolute Gasteiger partial charge is 0.493 e. The van der Waals surface area contributed by atoms with Crippen molar-refractivity contribution in [2.24, 2.45) is 0 Å². The highest BCUT2D eigenvalue weighted by Gasteiger charge is 2.13. The summed E-state index contributed by atoms with van der Waals surface area (Å²) in [5.41, 5.74) is 1.97. The fraction of sp³-hybridized carbons (Fsp3) is 0.278. The zero-order valence-corrected chi connectivity index (χ0v) is 13.1. The van der Waals surface area contributed by atoms with Crippen LogP contribution in [0.1, 0.15) is 24.1 Å². The van der Waals surface area contributed by atoms with Crippen molar-refractivity contribution in [3.8, 4) is 11.5 Å². The molecule has 1 unspecified atom stereocenters. The summed E-state index contributed by atoms with van der Waals surface area (Å²) in [4.78, 5) is 12.1. The molecular formula is C18H21NO3. The molecule has 116 valence electrons. The number of benzene rings is 2. The molecule has 0 saturated carbocycles. The predicted octanol–water partition coefficient (Wildman–Crippen LogP) is 3.12. The van der Waals surface area contributed by atoms with Gasteiger partial charge in [-0.2, -0.15) is 0 Å². The zero-order chi connectivity index (χ0) is 15.9. The lowest BCUT2D eigenvalue weighted by Crippen LogP contribution is -2.28. The van der Waals surface area contributed by atoms with E-state index in [2.05, 4.69) is 5.32 Å². The van der Waals surface area contributed by atoms with Gasteiger partial charge in [0.1, 0.15) is 0 Å². The summed E-state index contributed by atoms with van der Waals surface area (Å²) in [6.45, 7) is 1.95. The van der Waals surface area contributed by atoms with Gasteiger partial charge in [0.2, 0.25) is 5.91 Å². The van der Waals surface area contributed by atoms with Crippen LogP contribution in [0, 0.1) is 0 Å². The zero-order valence-electron chi connectivity index (χ0n) is 13.1. The van der Waals surface area contributed by atoms with E-state index < -0.39 is 0 Å². The van der Waals surface area contributed by atoms with Crippen molar-refractivity contribution >= 4 is 5.91 Å². The highest BCUT2D eigenvalue weighted by molar-refractivity contribution is 5.79. The molecule has 0 radical (unpaired) electrons. The van der Waals surface area contributed by atoms with Crippen LogP contribution in [0.4, 0.5) is 0 Å². The first-order valence-corrected chi connectivity index (χ1v) is 7.19. The number of ether oxygens (including phenoxy) is 2. The molecule has 0 spiro atoms. The van der Waals surface area contributed by atoms with Crippen LogP contribution in [-0.4, -0.2) is 20.1 Å². The third-order valence-electron chi connectivity index (χ3n) is 3.49. The van der Waals surface area contributed by atoms with Gasteiger partial charge in [0.05, 0.1) is 26.7 Å². The van der Waals surface area contributed by atoms with Gasteiger partial charge < -0.3 is 14.8 Å². The van der Waals surface area contributed by atoms with E-state index in [1.54, 1.807) is 14.2 Å². The third kappa shape index (κ3) is 4.01. The molecule has 2 rings (SSSR count). The number of carbonyl (C=O) groups is 1. The standard InChI is InChI=1S/C18H21NO3/c1-13(15-9-10-16(21-2)17(12-15)22-3)19-18(20)11-14-7-5-4-6-8-14/h4-10,12-13H,11H2,1-3H3,(H,19,20). The number of carbonyl (C=O) groups excluding carboxylic acids is 1. The van der Waals surface area contributed by atoms with Crippen molar-refractivity contribution < 1.29 is 14.3 Å². The van der Waals surface area contributed by atoms with E-state index in [9.17, 15) is 4.79 Å². The van der Waals surface area contributed by atoms with E-state index in [-0.39, 0.29) is 11.9 Å². The van der Waals surface area contributed by atoms with Crippen LogP contribution >= 0.6 is 0 Å². The van der Waals surface area contributed by atoms with Crippen molar-refractivity contribution in [2.75, 3.05) is 14.2 Å². The summed E-state index contributed by atoms with van der Waals surface area (Å²) >= 11 is 0. The van der Waals surface area contributed by atoms with Gasteiger partial charge in [-0.1, -0.05) is 36.4 Å². The minimum atomic E-state index is -0.101. The van der Waals surface area contributed by atoms with E-state index in [0.29, 0.717) is 17.9 Å². The Morgan fingerprint density at radius 1 is 1.05 bits per heavy atom. The average molecular weight is 299 g/mol. The highest BCUT2D eigenvalue weighted by atomic mass is 16.5. The Hall–Kier alpha value is -2.49. The minimum Gasteiger partial charge on any atom is -0.493 e. The van der Waals surface area contributed by atoms with Crippen LogP contribution in [0.15, 0.2) is 48.5 Å².